The summed E-state index contributed by atoms with van der Waals surface area (Å²) in [6.45, 7) is 1.73. The second-order valence-electron chi connectivity index (χ2n) is 10.3. The summed E-state index contributed by atoms with van der Waals surface area (Å²) in [5.41, 5.74) is 2.34. The number of aromatic nitrogens is 2. The third-order valence-corrected chi connectivity index (χ3v) is 7.53. The Morgan fingerprint density at radius 1 is 0.884 bits per heavy atom. The molecule has 0 atom stereocenters. The van der Waals surface area contributed by atoms with Crippen LogP contribution < -0.4 is 0 Å². The number of aryl methyl sites for hydroxylation is 1. The number of benzene rings is 3. The molecule has 2 amide bonds. The molecule has 0 saturated carbocycles. The van der Waals surface area contributed by atoms with E-state index in [4.69, 9.17) is 4.74 Å². The number of ether oxygens (including phenoxy) is 1. The van der Waals surface area contributed by atoms with Gasteiger partial charge in [0.05, 0.1) is 29.9 Å². The lowest BCUT2D eigenvalue weighted by Crippen LogP contribution is -2.31. The molecule has 1 aliphatic rings. The summed E-state index contributed by atoms with van der Waals surface area (Å²) in [5, 5.41) is 1.48. The number of carbonyl (C=O) groups is 3. The molecule has 6 rings (SSSR count). The molecule has 0 aliphatic carbocycles. The van der Waals surface area contributed by atoms with E-state index in [1.54, 1.807) is 6.20 Å². The summed E-state index contributed by atoms with van der Waals surface area (Å²) in [5.74, 6) is -1.55. The smallest absolute Gasteiger partial charge is 0.416 e. The third kappa shape index (κ3) is 5.20. The summed E-state index contributed by atoms with van der Waals surface area (Å²) in [4.78, 5) is 43.7. The second kappa shape index (κ2) is 10.9. The quantitative estimate of drug-likeness (QED) is 0.127. The molecule has 0 bridgehead atoms. The van der Waals surface area contributed by atoms with Crippen molar-refractivity contribution >= 4 is 50.7 Å². The predicted octanol–water partition coefficient (Wildman–Crippen LogP) is 6.57. The minimum absolute atomic E-state index is 0.177. The molecule has 218 valence electrons. The maximum Gasteiger partial charge on any atom is 0.416 e. The molecule has 1 aliphatic heterocycles. The minimum Gasteiger partial charge on any atom is -0.466 e. The number of para-hydroxylation sites is 2. The molecule has 0 fully saturated rings. The second-order valence-corrected chi connectivity index (χ2v) is 10.3. The van der Waals surface area contributed by atoms with Crippen LogP contribution in [0.5, 0.6) is 0 Å². The van der Waals surface area contributed by atoms with Crippen molar-refractivity contribution in [3.05, 3.63) is 107 Å². The molecule has 2 aromatic heterocycles. The van der Waals surface area contributed by atoms with Gasteiger partial charge in [-0.2, -0.15) is 13.2 Å². The third-order valence-electron chi connectivity index (χ3n) is 7.53. The lowest BCUT2D eigenvalue weighted by atomic mass is 9.95. The van der Waals surface area contributed by atoms with E-state index >= 15 is 0 Å². The summed E-state index contributed by atoms with van der Waals surface area (Å²) < 4.78 is 47.3. The first-order valence-electron chi connectivity index (χ1n) is 13.7. The fraction of sp³-hybridized carbons (Fsp3) is 0.182. The van der Waals surface area contributed by atoms with E-state index in [1.807, 2.05) is 59.3 Å². The van der Waals surface area contributed by atoms with Crippen LogP contribution in [0, 0.1) is 0 Å². The Bertz CT molecular complexity index is 1930. The van der Waals surface area contributed by atoms with Crippen LogP contribution in [0.15, 0.2) is 85.2 Å². The van der Waals surface area contributed by atoms with Crippen LogP contribution in [0.2, 0.25) is 0 Å². The highest BCUT2D eigenvalue weighted by Gasteiger charge is 2.41. The lowest BCUT2D eigenvalue weighted by Gasteiger charge is -2.16. The monoisotopic (exact) mass is 585 g/mol. The van der Waals surface area contributed by atoms with E-state index in [-0.39, 0.29) is 35.8 Å². The fourth-order valence-electron chi connectivity index (χ4n) is 5.61. The van der Waals surface area contributed by atoms with Crippen molar-refractivity contribution in [3.8, 4) is 0 Å². The highest BCUT2D eigenvalue weighted by Crippen LogP contribution is 2.42. The molecule has 5 aromatic rings. The standard InChI is InChI=1S/C33H26F3N3O4/c1-20(40)43-15-7-14-38-19-26(24-11-3-5-13-28(24)38)30-29(25-17-37-27-12-4-2-10-23(25)27)31(41)39(32(30)42)18-21-8-6-9-22(16-21)33(34,35)36/h2-6,8-13,16-17,19,37H,7,14-15,18H2,1H3. The first kappa shape index (κ1) is 28.0. The van der Waals surface area contributed by atoms with Crippen molar-refractivity contribution in [2.45, 2.75) is 32.6 Å². The number of carbonyl (C=O) groups excluding carboxylic acids is 3. The molecule has 0 unspecified atom stereocenters. The van der Waals surface area contributed by atoms with Crippen LogP contribution >= 0.6 is 0 Å². The number of imide groups is 1. The number of hydrogen-bond acceptors (Lipinski definition) is 4. The number of aromatic amines is 1. The van der Waals surface area contributed by atoms with Crippen molar-refractivity contribution in [2.24, 2.45) is 0 Å². The predicted molar refractivity (Wildman–Crippen MR) is 155 cm³/mol. The molecular formula is C33H26F3N3O4. The van der Waals surface area contributed by atoms with Gasteiger partial charge in [0, 0.05) is 58.8 Å². The van der Waals surface area contributed by atoms with Gasteiger partial charge in [0.2, 0.25) is 0 Å². The molecule has 1 N–H and O–H groups in total. The normalized spacial score (nSPS) is 14.0. The Labute approximate surface area is 244 Å². The minimum atomic E-state index is -4.56. The number of esters is 1. The molecule has 0 spiro atoms. The Balaban J connectivity index is 1.48. The summed E-state index contributed by atoms with van der Waals surface area (Å²) in [6.07, 6.45) is -0.551. The van der Waals surface area contributed by atoms with Gasteiger partial charge >= 0.3 is 12.1 Å². The topological polar surface area (TPSA) is 84.4 Å². The number of alkyl halides is 3. The maximum absolute atomic E-state index is 14.2. The van der Waals surface area contributed by atoms with Gasteiger partial charge in [-0.25, -0.2) is 0 Å². The molecule has 0 radical (unpaired) electrons. The number of rotatable bonds is 8. The number of hydrogen-bond donors (Lipinski definition) is 1. The molecular weight excluding hydrogens is 559 g/mol. The summed E-state index contributed by atoms with van der Waals surface area (Å²) in [7, 11) is 0. The van der Waals surface area contributed by atoms with E-state index in [0.717, 1.165) is 38.8 Å². The Morgan fingerprint density at radius 3 is 2.33 bits per heavy atom. The first-order chi connectivity index (χ1) is 20.6. The number of nitrogens with zero attached hydrogens (tertiary/aromatic N) is 2. The number of halogens is 3. The number of H-pyrrole nitrogens is 1. The van der Waals surface area contributed by atoms with Gasteiger partial charge in [-0.05, 0) is 36.2 Å². The zero-order chi connectivity index (χ0) is 30.3. The largest absolute Gasteiger partial charge is 0.466 e. The first-order valence-corrected chi connectivity index (χ1v) is 13.7. The average Bonchev–Trinajstić information content (AvgIpc) is 3.63. The van der Waals surface area contributed by atoms with E-state index in [1.165, 1.54) is 19.1 Å². The van der Waals surface area contributed by atoms with E-state index in [2.05, 4.69) is 4.98 Å². The Morgan fingerprint density at radius 2 is 1.58 bits per heavy atom. The van der Waals surface area contributed by atoms with Gasteiger partial charge in [-0.1, -0.05) is 48.5 Å². The van der Waals surface area contributed by atoms with Gasteiger partial charge in [-0.15, -0.1) is 0 Å². The molecule has 7 nitrogen and oxygen atoms in total. The zero-order valence-electron chi connectivity index (χ0n) is 23.1. The summed E-state index contributed by atoms with van der Waals surface area (Å²) in [6, 6.07) is 19.5. The summed E-state index contributed by atoms with van der Waals surface area (Å²) >= 11 is 0. The number of fused-ring (bicyclic) bond motifs is 2. The van der Waals surface area contributed by atoms with Crippen molar-refractivity contribution in [1.82, 2.24) is 14.5 Å². The van der Waals surface area contributed by atoms with Gasteiger partial charge in [0.25, 0.3) is 11.8 Å². The van der Waals surface area contributed by atoms with Crippen molar-refractivity contribution in [3.63, 3.8) is 0 Å². The molecule has 43 heavy (non-hydrogen) atoms. The van der Waals surface area contributed by atoms with Crippen LogP contribution in [0.1, 0.15) is 35.6 Å². The van der Waals surface area contributed by atoms with Crippen LogP contribution in [0.25, 0.3) is 33.0 Å². The Kier molecular flexibility index (Phi) is 7.13. The molecule has 3 heterocycles. The molecule has 3 aromatic carbocycles. The number of amides is 2. The van der Waals surface area contributed by atoms with Crippen LogP contribution in [0.4, 0.5) is 13.2 Å². The zero-order valence-corrected chi connectivity index (χ0v) is 23.1. The molecule has 0 saturated heterocycles. The average molecular weight is 586 g/mol. The highest BCUT2D eigenvalue weighted by molar-refractivity contribution is 6.50. The van der Waals surface area contributed by atoms with Crippen molar-refractivity contribution < 1.29 is 32.3 Å². The van der Waals surface area contributed by atoms with Gasteiger partial charge in [0.1, 0.15) is 0 Å². The van der Waals surface area contributed by atoms with Crippen molar-refractivity contribution in [2.75, 3.05) is 6.61 Å². The highest BCUT2D eigenvalue weighted by atomic mass is 19.4. The number of nitrogens with one attached hydrogen (secondary N) is 1. The Hall–Kier alpha value is -5.12. The van der Waals surface area contributed by atoms with Gasteiger partial charge in [-0.3, -0.25) is 19.3 Å². The SMILES string of the molecule is CC(=O)OCCCn1cc(C2=C(c3c[nH]c4ccccc34)C(=O)N(Cc3cccc(C(F)(F)F)c3)C2=O)c2ccccc21. The maximum atomic E-state index is 14.2. The van der Waals surface area contributed by atoms with E-state index in [9.17, 15) is 27.6 Å². The van der Waals surface area contributed by atoms with Gasteiger partial charge < -0.3 is 14.3 Å². The van der Waals surface area contributed by atoms with Gasteiger partial charge in [0.15, 0.2) is 0 Å². The van der Waals surface area contributed by atoms with Crippen LogP contribution in [-0.2, 0) is 38.4 Å². The van der Waals surface area contributed by atoms with Crippen LogP contribution in [-0.4, -0.2) is 38.8 Å². The fourth-order valence-corrected chi connectivity index (χ4v) is 5.61. The van der Waals surface area contributed by atoms with Crippen molar-refractivity contribution in [1.29, 1.82) is 0 Å². The molecule has 10 heteroatoms. The van der Waals surface area contributed by atoms with Crippen LogP contribution in [0.3, 0.4) is 0 Å². The van der Waals surface area contributed by atoms with E-state index < -0.39 is 23.6 Å². The lowest BCUT2D eigenvalue weighted by molar-refractivity contribution is -0.141. The van der Waals surface area contributed by atoms with E-state index in [0.29, 0.717) is 24.1 Å².